The molecular weight excluding hydrogens is 574 g/mol. The van der Waals surface area contributed by atoms with Gasteiger partial charge in [0.05, 0.1) is 23.0 Å². The molecule has 4 heterocycles. The first-order chi connectivity index (χ1) is 22.0. The molecule has 9 heteroatoms. The topological polar surface area (TPSA) is 109 Å². The van der Waals surface area contributed by atoms with E-state index in [1.54, 1.807) is 6.07 Å². The van der Waals surface area contributed by atoms with Crippen LogP contribution in [0.4, 0.5) is 17.2 Å². The van der Waals surface area contributed by atoms with Crippen molar-refractivity contribution in [2.24, 2.45) is 5.73 Å². The maximum absolute atomic E-state index is 14.0. The van der Waals surface area contributed by atoms with E-state index in [0.29, 0.717) is 17.4 Å². The second-order valence-corrected chi connectivity index (χ2v) is 14.8. The van der Waals surface area contributed by atoms with Crippen LogP contribution < -0.4 is 16.0 Å². The lowest BCUT2D eigenvalue weighted by Gasteiger charge is -2.55. The number of pyridine rings is 1. The van der Waals surface area contributed by atoms with E-state index in [9.17, 15) is 9.59 Å². The van der Waals surface area contributed by atoms with Crippen molar-refractivity contribution in [3.63, 3.8) is 0 Å². The molecule has 2 aliphatic heterocycles. The van der Waals surface area contributed by atoms with Crippen molar-refractivity contribution in [1.82, 2.24) is 19.4 Å². The van der Waals surface area contributed by atoms with E-state index in [1.165, 1.54) is 19.3 Å². The van der Waals surface area contributed by atoms with Crippen LogP contribution in [0, 0.1) is 6.92 Å². The molecule has 8 rings (SSSR count). The van der Waals surface area contributed by atoms with E-state index in [-0.39, 0.29) is 17.5 Å². The summed E-state index contributed by atoms with van der Waals surface area (Å²) in [5.41, 5.74) is 12.9. The van der Waals surface area contributed by atoms with Crippen LogP contribution in [0.15, 0.2) is 48.8 Å². The third-order valence-corrected chi connectivity index (χ3v) is 11.1. The summed E-state index contributed by atoms with van der Waals surface area (Å²) in [6, 6.07) is 14.6. The van der Waals surface area contributed by atoms with Crippen LogP contribution in [0.5, 0.6) is 0 Å². The van der Waals surface area contributed by atoms with Gasteiger partial charge in [-0.2, -0.15) is 0 Å². The summed E-state index contributed by atoms with van der Waals surface area (Å²) >= 11 is 0. The van der Waals surface area contributed by atoms with Crippen molar-refractivity contribution in [3.8, 4) is 11.3 Å². The number of amides is 2. The Hall–Kier alpha value is -4.24. The van der Waals surface area contributed by atoms with Gasteiger partial charge >= 0.3 is 0 Å². The smallest absolute Gasteiger partial charge is 0.249 e. The Morgan fingerprint density at radius 1 is 0.978 bits per heavy atom. The SMILES string of the molecule is Cc1ccc(Nc2nc(-c3ccc4c(c3)N([C@H]3C[C@@](C)(N5CCCCC5)C3)C(=O)C4(C)C)cc3ncn(C4CC4)c23)cc1C(N)=O. The Morgan fingerprint density at radius 3 is 2.46 bits per heavy atom. The fourth-order valence-electron chi connectivity index (χ4n) is 8.16. The number of piperidine rings is 1. The average Bonchev–Trinajstić information content (AvgIpc) is 3.75. The number of primary amides is 1. The van der Waals surface area contributed by atoms with Gasteiger partial charge in [0.15, 0.2) is 5.82 Å². The molecular formula is C37H43N7O2. The van der Waals surface area contributed by atoms with Crippen molar-refractivity contribution < 1.29 is 9.59 Å². The Bertz CT molecular complexity index is 1890. The second-order valence-electron chi connectivity index (χ2n) is 14.8. The zero-order chi connectivity index (χ0) is 32.0. The van der Waals surface area contributed by atoms with E-state index in [4.69, 9.17) is 15.7 Å². The van der Waals surface area contributed by atoms with Crippen molar-refractivity contribution in [3.05, 3.63) is 65.5 Å². The van der Waals surface area contributed by atoms with Crippen LogP contribution in [0.2, 0.25) is 0 Å². The van der Waals surface area contributed by atoms with Gasteiger partial charge in [0, 0.05) is 40.1 Å². The molecule has 0 bridgehead atoms. The number of hydrogen-bond donors (Lipinski definition) is 2. The van der Waals surface area contributed by atoms with Crippen LogP contribution in [-0.4, -0.2) is 55.9 Å². The van der Waals surface area contributed by atoms with Gasteiger partial charge in [0.2, 0.25) is 11.8 Å². The standard InChI is InChI=1S/C37H43N7O2/c1-22-8-10-24(17-27(22)33(38)45)40-34-32-30(39-21-43(32)25-11-12-25)18-29(41-34)23-9-13-28-31(16-23)44(35(46)36(28,2)3)26-19-37(4,20-26)42-14-6-5-7-15-42/h8-10,13,16-18,21,25-26H,5-7,11-12,14-15,19-20H2,1-4H3,(H2,38,45)(H,40,41)/t26-,37+. The van der Waals surface area contributed by atoms with Gasteiger partial charge in [-0.15, -0.1) is 0 Å². The zero-order valence-electron chi connectivity index (χ0n) is 27.3. The second kappa shape index (κ2) is 10.4. The number of anilines is 3. The molecule has 0 spiro atoms. The lowest BCUT2D eigenvalue weighted by atomic mass is 9.71. The van der Waals surface area contributed by atoms with Gasteiger partial charge in [0.25, 0.3) is 0 Å². The number of hydrogen-bond acceptors (Lipinski definition) is 6. The number of imidazole rings is 1. The molecule has 0 radical (unpaired) electrons. The first-order valence-electron chi connectivity index (χ1n) is 16.8. The Morgan fingerprint density at radius 2 is 1.74 bits per heavy atom. The van der Waals surface area contributed by atoms with Crippen molar-refractivity contribution in [2.75, 3.05) is 23.3 Å². The van der Waals surface area contributed by atoms with Gasteiger partial charge in [-0.25, -0.2) is 9.97 Å². The number of aromatic nitrogens is 3. The lowest BCUT2D eigenvalue weighted by Crippen LogP contribution is -2.64. The normalized spacial score (nSPS) is 24.2. The van der Waals surface area contributed by atoms with E-state index < -0.39 is 11.3 Å². The number of nitrogens with one attached hydrogen (secondary N) is 1. The number of nitrogens with zero attached hydrogens (tertiary/aromatic N) is 5. The van der Waals surface area contributed by atoms with Gasteiger partial charge in [0.1, 0.15) is 5.52 Å². The number of carbonyl (C=O) groups excluding carboxylic acids is 2. The highest BCUT2D eigenvalue weighted by Gasteiger charge is 2.54. The Labute approximate surface area is 270 Å². The number of carbonyl (C=O) groups is 2. The van der Waals surface area contributed by atoms with Crippen LogP contribution in [0.25, 0.3) is 22.3 Å². The third-order valence-electron chi connectivity index (χ3n) is 11.1. The van der Waals surface area contributed by atoms with E-state index in [0.717, 1.165) is 83.6 Å². The average molecular weight is 618 g/mol. The first kappa shape index (κ1) is 29.2. The summed E-state index contributed by atoms with van der Waals surface area (Å²) in [6.07, 6.45) is 10.00. The van der Waals surface area contributed by atoms with Gasteiger partial charge in [-0.05, 0) is 115 Å². The Kier molecular flexibility index (Phi) is 6.59. The molecule has 3 N–H and O–H groups in total. The van der Waals surface area contributed by atoms with Crippen molar-refractivity contribution in [1.29, 1.82) is 0 Å². The molecule has 2 saturated carbocycles. The van der Waals surface area contributed by atoms with Crippen LogP contribution in [-0.2, 0) is 10.2 Å². The molecule has 0 atom stereocenters. The predicted octanol–water partition coefficient (Wildman–Crippen LogP) is 6.62. The highest BCUT2D eigenvalue weighted by atomic mass is 16.2. The van der Waals surface area contributed by atoms with Crippen molar-refractivity contribution in [2.45, 2.75) is 95.7 Å². The molecule has 9 nitrogen and oxygen atoms in total. The Balaban J connectivity index is 1.17. The molecule has 238 valence electrons. The number of fused-ring (bicyclic) bond motifs is 2. The van der Waals surface area contributed by atoms with E-state index >= 15 is 0 Å². The molecule has 0 unspecified atom stereocenters. The number of benzene rings is 2. The predicted molar refractivity (Wildman–Crippen MR) is 182 cm³/mol. The number of rotatable bonds is 7. The van der Waals surface area contributed by atoms with Crippen molar-refractivity contribution >= 4 is 40.0 Å². The molecule has 2 aromatic heterocycles. The fourth-order valence-corrected chi connectivity index (χ4v) is 8.16. The first-order valence-corrected chi connectivity index (χ1v) is 16.8. The number of aryl methyl sites for hydroxylation is 1. The molecule has 2 amide bonds. The number of nitrogens with two attached hydrogens (primary N) is 1. The van der Waals surface area contributed by atoms with Gasteiger partial charge in [-0.3, -0.25) is 14.5 Å². The molecule has 2 aliphatic carbocycles. The lowest BCUT2D eigenvalue weighted by molar-refractivity contribution is -0.123. The van der Waals surface area contributed by atoms with Crippen LogP contribution in [0.3, 0.4) is 0 Å². The molecule has 1 saturated heterocycles. The van der Waals surface area contributed by atoms with E-state index in [1.807, 2.05) is 31.5 Å². The summed E-state index contributed by atoms with van der Waals surface area (Å²) in [6.45, 7) is 10.7. The largest absolute Gasteiger partial charge is 0.366 e. The third kappa shape index (κ3) is 4.62. The van der Waals surface area contributed by atoms with Gasteiger partial charge < -0.3 is 20.5 Å². The van der Waals surface area contributed by atoms with Gasteiger partial charge in [-0.1, -0.05) is 24.6 Å². The van der Waals surface area contributed by atoms with Crippen LogP contribution in [0.1, 0.15) is 93.2 Å². The molecule has 3 fully saturated rings. The summed E-state index contributed by atoms with van der Waals surface area (Å²) in [5.74, 6) is 0.407. The minimum atomic E-state index is -0.582. The molecule has 46 heavy (non-hydrogen) atoms. The van der Waals surface area contributed by atoms with E-state index in [2.05, 4.69) is 58.7 Å². The minimum Gasteiger partial charge on any atom is -0.366 e. The zero-order valence-corrected chi connectivity index (χ0v) is 27.3. The maximum Gasteiger partial charge on any atom is 0.249 e. The molecule has 4 aliphatic rings. The highest BCUT2D eigenvalue weighted by Crippen LogP contribution is 2.50. The monoisotopic (exact) mass is 617 g/mol. The highest BCUT2D eigenvalue weighted by molar-refractivity contribution is 6.09. The maximum atomic E-state index is 14.0. The summed E-state index contributed by atoms with van der Waals surface area (Å²) in [5, 5.41) is 3.50. The van der Waals surface area contributed by atoms with Crippen LogP contribution >= 0.6 is 0 Å². The molecule has 4 aromatic rings. The number of likely N-dealkylation sites (tertiary alicyclic amines) is 1. The minimum absolute atomic E-state index is 0.160. The quantitative estimate of drug-likeness (QED) is 0.241. The summed E-state index contributed by atoms with van der Waals surface area (Å²) < 4.78 is 2.21. The fraction of sp³-hybridized carbons (Fsp3) is 0.459. The molecule has 2 aromatic carbocycles. The summed E-state index contributed by atoms with van der Waals surface area (Å²) in [7, 11) is 0. The summed E-state index contributed by atoms with van der Waals surface area (Å²) in [4.78, 5) is 40.8.